The first-order valence-corrected chi connectivity index (χ1v) is 7.52. The second kappa shape index (κ2) is 7.09. The molecule has 0 aliphatic carbocycles. The molecule has 0 N–H and O–H groups in total. The van der Waals surface area contributed by atoms with Gasteiger partial charge in [0.1, 0.15) is 11.6 Å². The van der Waals surface area contributed by atoms with Crippen LogP contribution in [0.4, 0.5) is 4.39 Å². The van der Waals surface area contributed by atoms with Crippen molar-refractivity contribution >= 4 is 17.5 Å². The van der Waals surface area contributed by atoms with Crippen LogP contribution in [0.1, 0.15) is 13.8 Å². The van der Waals surface area contributed by atoms with Gasteiger partial charge in [-0.05, 0) is 31.7 Å². The maximum Gasteiger partial charge on any atom is 0.263 e. The van der Waals surface area contributed by atoms with Crippen LogP contribution in [-0.4, -0.2) is 54.5 Å². The fourth-order valence-electron chi connectivity index (χ4n) is 2.35. The maximum atomic E-state index is 13.0. The molecule has 0 spiro atoms. The van der Waals surface area contributed by atoms with Crippen LogP contribution < -0.4 is 4.74 Å². The third-order valence-electron chi connectivity index (χ3n) is 3.68. The van der Waals surface area contributed by atoms with Crippen LogP contribution in [0.25, 0.3) is 0 Å². The smallest absolute Gasteiger partial charge is 0.263 e. The van der Waals surface area contributed by atoms with Gasteiger partial charge in [0, 0.05) is 26.2 Å². The number of likely N-dealkylation sites (N-methyl/N-ethyl adjacent to an activating group) is 1. The number of rotatable bonds is 4. The summed E-state index contributed by atoms with van der Waals surface area (Å²) in [6.07, 6.45) is -0.638. The van der Waals surface area contributed by atoms with Crippen molar-refractivity contribution < 1.29 is 13.9 Å². The zero-order valence-corrected chi connectivity index (χ0v) is 13.1. The molecule has 1 aromatic rings. The van der Waals surface area contributed by atoms with Gasteiger partial charge in [-0.25, -0.2) is 4.39 Å². The number of carbonyl (C=O) groups excluding carboxylic acids is 1. The van der Waals surface area contributed by atoms with Crippen molar-refractivity contribution in [1.82, 2.24) is 9.80 Å². The lowest BCUT2D eigenvalue weighted by molar-refractivity contribution is -0.139. The summed E-state index contributed by atoms with van der Waals surface area (Å²) in [5.74, 6) is -0.167. The van der Waals surface area contributed by atoms with Gasteiger partial charge in [-0.2, -0.15) is 0 Å². The Kier molecular flexibility index (Phi) is 5.42. The molecule has 1 atom stereocenters. The predicted octanol–water partition coefficient (Wildman–Crippen LogP) is 2.41. The number of halogens is 2. The van der Waals surface area contributed by atoms with E-state index in [-0.39, 0.29) is 10.9 Å². The Morgan fingerprint density at radius 2 is 2.05 bits per heavy atom. The highest BCUT2D eigenvalue weighted by molar-refractivity contribution is 6.32. The van der Waals surface area contributed by atoms with E-state index < -0.39 is 11.9 Å². The Bertz CT molecular complexity index is 504. The highest BCUT2D eigenvalue weighted by atomic mass is 35.5. The van der Waals surface area contributed by atoms with E-state index >= 15 is 0 Å². The highest BCUT2D eigenvalue weighted by Gasteiger charge is 2.25. The fraction of sp³-hybridized carbons (Fsp3) is 0.533. The lowest BCUT2D eigenvalue weighted by Crippen LogP contribution is -2.51. The van der Waals surface area contributed by atoms with Crippen molar-refractivity contribution in [3.63, 3.8) is 0 Å². The molecule has 21 heavy (non-hydrogen) atoms. The van der Waals surface area contributed by atoms with Crippen LogP contribution in [0.5, 0.6) is 5.75 Å². The second-order valence-electron chi connectivity index (χ2n) is 5.09. The number of amides is 1. The normalized spacial score (nSPS) is 17.6. The average Bonchev–Trinajstić information content (AvgIpc) is 2.49. The van der Waals surface area contributed by atoms with E-state index in [0.29, 0.717) is 18.8 Å². The number of benzene rings is 1. The van der Waals surface area contributed by atoms with Crippen LogP contribution in [-0.2, 0) is 4.79 Å². The van der Waals surface area contributed by atoms with Crippen molar-refractivity contribution in [2.45, 2.75) is 20.0 Å². The van der Waals surface area contributed by atoms with Gasteiger partial charge in [-0.3, -0.25) is 4.79 Å². The zero-order chi connectivity index (χ0) is 15.4. The Hall–Kier alpha value is -1.33. The maximum absolute atomic E-state index is 13.0. The number of carbonyl (C=O) groups is 1. The number of hydrogen-bond acceptors (Lipinski definition) is 3. The minimum absolute atomic E-state index is 0.0638. The molecule has 1 saturated heterocycles. The van der Waals surface area contributed by atoms with E-state index in [0.717, 1.165) is 19.6 Å². The zero-order valence-electron chi connectivity index (χ0n) is 12.3. The standard InChI is InChI=1S/C15H20ClFN2O2/c1-3-18-6-8-19(9-7-18)15(20)11(2)21-14-5-4-12(17)10-13(14)16/h4-5,10-11H,3,6-9H2,1-2H3/t11-/m0/s1. The van der Waals surface area contributed by atoms with Crippen molar-refractivity contribution in [1.29, 1.82) is 0 Å². The van der Waals surface area contributed by atoms with Gasteiger partial charge >= 0.3 is 0 Å². The van der Waals surface area contributed by atoms with E-state index in [1.807, 2.05) is 0 Å². The fourth-order valence-corrected chi connectivity index (χ4v) is 2.57. The Morgan fingerprint density at radius 3 is 2.62 bits per heavy atom. The Morgan fingerprint density at radius 1 is 1.38 bits per heavy atom. The van der Waals surface area contributed by atoms with Gasteiger partial charge in [0.25, 0.3) is 5.91 Å². The Labute approximate surface area is 129 Å². The molecule has 0 unspecified atom stereocenters. The summed E-state index contributed by atoms with van der Waals surface area (Å²) in [6, 6.07) is 3.88. The van der Waals surface area contributed by atoms with Crippen molar-refractivity contribution in [3.05, 3.63) is 29.0 Å². The van der Waals surface area contributed by atoms with Crippen LogP contribution >= 0.6 is 11.6 Å². The third-order valence-corrected chi connectivity index (χ3v) is 3.97. The molecule has 0 bridgehead atoms. The van der Waals surface area contributed by atoms with E-state index in [1.165, 1.54) is 18.2 Å². The minimum Gasteiger partial charge on any atom is -0.479 e. The first kappa shape index (κ1) is 16.0. The third kappa shape index (κ3) is 4.08. The van der Waals surface area contributed by atoms with Crippen molar-refractivity contribution in [2.75, 3.05) is 32.7 Å². The quantitative estimate of drug-likeness (QED) is 0.855. The monoisotopic (exact) mass is 314 g/mol. The molecule has 1 aliphatic rings. The van der Waals surface area contributed by atoms with E-state index in [2.05, 4.69) is 11.8 Å². The molecule has 1 aromatic carbocycles. The van der Waals surface area contributed by atoms with Crippen LogP contribution in [0.15, 0.2) is 18.2 Å². The SMILES string of the molecule is CCN1CCN(C(=O)[C@H](C)Oc2ccc(F)cc2Cl)CC1. The highest BCUT2D eigenvalue weighted by Crippen LogP contribution is 2.26. The van der Waals surface area contributed by atoms with Gasteiger partial charge < -0.3 is 14.5 Å². The van der Waals surface area contributed by atoms with Crippen LogP contribution in [0.2, 0.25) is 5.02 Å². The molecule has 116 valence electrons. The summed E-state index contributed by atoms with van der Waals surface area (Å²) in [5, 5.41) is 0.172. The van der Waals surface area contributed by atoms with Gasteiger partial charge in [0.15, 0.2) is 6.10 Å². The summed E-state index contributed by atoms with van der Waals surface area (Å²) in [7, 11) is 0. The molecule has 4 nitrogen and oxygen atoms in total. The summed E-state index contributed by atoms with van der Waals surface area (Å²) in [4.78, 5) is 16.4. The molecule has 2 rings (SSSR count). The molecule has 1 heterocycles. The first-order chi connectivity index (χ1) is 10.0. The van der Waals surface area contributed by atoms with E-state index in [1.54, 1.807) is 11.8 Å². The molecule has 6 heteroatoms. The van der Waals surface area contributed by atoms with Gasteiger partial charge in [-0.1, -0.05) is 18.5 Å². The van der Waals surface area contributed by atoms with Crippen LogP contribution in [0.3, 0.4) is 0 Å². The summed E-state index contributed by atoms with van der Waals surface area (Å²) in [5.41, 5.74) is 0. The summed E-state index contributed by atoms with van der Waals surface area (Å²) >= 11 is 5.91. The summed E-state index contributed by atoms with van der Waals surface area (Å²) in [6.45, 7) is 7.97. The number of ether oxygens (including phenoxy) is 1. The number of nitrogens with zero attached hydrogens (tertiary/aromatic N) is 2. The number of hydrogen-bond donors (Lipinski definition) is 0. The minimum atomic E-state index is -0.638. The molecule has 1 aliphatic heterocycles. The van der Waals surface area contributed by atoms with E-state index in [9.17, 15) is 9.18 Å². The molecular formula is C15H20ClFN2O2. The Balaban J connectivity index is 1.93. The van der Waals surface area contributed by atoms with Gasteiger partial charge in [-0.15, -0.1) is 0 Å². The van der Waals surface area contributed by atoms with Crippen molar-refractivity contribution in [2.24, 2.45) is 0 Å². The summed E-state index contributed by atoms with van der Waals surface area (Å²) < 4.78 is 18.5. The first-order valence-electron chi connectivity index (χ1n) is 7.14. The number of piperazine rings is 1. The molecular weight excluding hydrogens is 295 g/mol. The molecule has 1 amide bonds. The average molecular weight is 315 g/mol. The molecule has 1 fully saturated rings. The lowest BCUT2D eigenvalue weighted by Gasteiger charge is -2.35. The van der Waals surface area contributed by atoms with Crippen LogP contribution in [0, 0.1) is 5.82 Å². The lowest BCUT2D eigenvalue weighted by atomic mass is 10.2. The second-order valence-corrected chi connectivity index (χ2v) is 5.50. The van der Waals surface area contributed by atoms with Gasteiger partial charge in [0.05, 0.1) is 5.02 Å². The molecule has 0 saturated carbocycles. The van der Waals surface area contributed by atoms with Crippen molar-refractivity contribution in [3.8, 4) is 5.75 Å². The van der Waals surface area contributed by atoms with Gasteiger partial charge in [0.2, 0.25) is 0 Å². The topological polar surface area (TPSA) is 32.8 Å². The van der Waals surface area contributed by atoms with E-state index in [4.69, 9.17) is 16.3 Å². The molecule has 0 radical (unpaired) electrons. The predicted molar refractivity (Wildman–Crippen MR) is 80.2 cm³/mol. The molecule has 0 aromatic heterocycles. The largest absolute Gasteiger partial charge is 0.479 e.